The van der Waals surface area contributed by atoms with Gasteiger partial charge in [-0.25, -0.2) is 0 Å². The zero-order valence-electron chi connectivity index (χ0n) is 5.52. The minimum Gasteiger partial charge on any atom is -0.355 e. The molecule has 1 heterocycles. The molecule has 0 aliphatic carbocycles. The SMILES string of the molecule is CSC1CCC(=O)NC1. The molecule has 0 bridgehead atoms. The van der Waals surface area contributed by atoms with E-state index in [4.69, 9.17) is 0 Å². The summed E-state index contributed by atoms with van der Waals surface area (Å²) in [5.41, 5.74) is 0. The fourth-order valence-electron chi connectivity index (χ4n) is 0.911. The van der Waals surface area contributed by atoms with Crippen LogP contribution in [-0.4, -0.2) is 24.0 Å². The van der Waals surface area contributed by atoms with Crippen LogP contribution in [0.25, 0.3) is 0 Å². The fourth-order valence-corrected chi connectivity index (χ4v) is 1.51. The van der Waals surface area contributed by atoms with Crippen molar-refractivity contribution in [2.45, 2.75) is 18.1 Å². The average Bonchev–Trinajstić information content (AvgIpc) is 1.90. The number of hydrogen-bond acceptors (Lipinski definition) is 2. The number of carbonyl (C=O) groups is 1. The van der Waals surface area contributed by atoms with Crippen LogP contribution < -0.4 is 5.32 Å². The van der Waals surface area contributed by atoms with Gasteiger partial charge in [-0.05, 0) is 12.7 Å². The van der Waals surface area contributed by atoms with E-state index in [0.717, 1.165) is 13.0 Å². The average molecular weight is 145 g/mol. The van der Waals surface area contributed by atoms with Gasteiger partial charge in [0.1, 0.15) is 0 Å². The summed E-state index contributed by atoms with van der Waals surface area (Å²) in [5.74, 6) is 0.209. The van der Waals surface area contributed by atoms with Gasteiger partial charge in [0, 0.05) is 18.2 Å². The van der Waals surface area contributed by atoms with E-state index in [9.17, 15) is 4.79 Å². The number of amides is 1. The van der Waals surface area contributed by atoms with E-state index in [1.54, 1.807) is 0 Å². The van der Waals surface area contributed by atoms with E-state index in [2.05, 4.69) is 11.6 Å². The summed E-state index contributed by atoms with van der Waals surface area (Å²) >= 11 is 1.83. The van der Waals surface area contributed by atoms with Crippen molar-refractivity contribution in [3.05, 3.63) is 0 Å². The molecule has 0 radical (unpaired) electrons. The second-order valence-electron chi connectivity index (χ2n) is 2.20. The highest BCUT2D eigenvalue weighted by Gasteiger charge is 2.15. The highest BCUT2D eigenvalue weighted by Crippen LogP contribution is 2.14. The standard InChI is InChI=1S/C6H11NOS/c1-9-5-2-3-6(8)7-4-5/h5H,2-4H2,1H3,(H,7,8). The Hall–Kier alpha value is -0.180. The second-order valence-corrected chi connectivity index (χ2v) is 3.34. The molecule has 3 heteroatoms. The number of nitrogens with one attached hydrogen (secondary N) is 1. The lowest BCUT2D eigenvalue weighted by molar-refractivity contribution is -0.122. The van der Waals surface area contributed by atoms with Crippen LogP contribution in [0.5, 0.6) is 0 Å². The molecule has 0 aromatic carbocycles. The minimum absolute atomic E-state index is 0.209. The number of carbonyl (C=O) groups excluding carboxylic acids is 1. The topological polar surface area (TPSA) is 29.1 Å². The normalized spacial score (nSPS) is 27.7. The molecule has 0 aromatic heterocycles. The molecule has 1 N–H and O–H groups in total. The molecular formula is C6H11NOS. The maximum Gasteiger partial charge on any atom is 0.220 e. The van der Waals surface area contributed by atoms with Crippen LogP contribution in [0, 0.1) is 0 Å². The van der Waals surface area contributed by atoms with Gasteiger partial charge in [-0.3, -0.25) is 4.79 Å². The number of piperidine rings is 1. The maximum absolute atomic E-state index is 10.6. The van der Waals surface area contributed by atoms with Crippen LogP contribution in [0.4, 0.5) is 0 Å². The van der Waals surface area contributed by atoms with E-state index in [-0.39, 0.29) is 5.91 Å². The van der Waals surface area contributed by atoms with Crippen LogP contribution in [0.2, 0.25) is 0 Å². The van der Waals surface area contributed by atoms with Crippen molar-refractivity contribution in [3.8, 4) is 0 Å². The lowest BCUT2D eigenvalue weighted by atomic mass is 10.1. The molecule has 2 nitrogen and oxygen atoms in total. The van der Waals surface area contributed by atoms with Crippen molar-refractivity contribution in [1.29, 1.82) is 0 Å². The summed E-state index contributed by atoms with van der Waals surface area (Å²) < 4.78 is 0. The van der Waals surface area contributed by atoms with Gasteiger partial charge in [-0.15, -0.1) is 0 Å². The summed E-state index contributed by atoms with van der Waals surface area (Å²) in [4.78, 5) is 10.6. The van der Waals surface area contributed by atoms with Crippen molar-refractivity contribution >= 4 is 17.7 Å². The Bertz CT molecular complexity index is 106. The molecule has 52 valence electrons. The number of hydrogen-bond donors (Lipinski definition) is 1. The third-order valence-corrected chi connectivity index (χ3v) is 2.62. The van der Waals surface area contributed by atoms with Crippen molar-refractivity contribution in [3.63, 3.8) is 0 Å². The molecular weight excluding hydrogens is 134 g/mol. The molecule has 9 heavy (non-hydrogen) atoms. The van der Waals surface area contributed by atoms with E-state index in [1.165, 1.54) is 0 Å². The Morgan fingerprint density at radius 2 is 2.56 bits per heavy atom. The van der Waals surface area contributed by atoms with E-state index >= 15 is 0 Å². The van der Waals surface area contributed by atoms with Gasteiger partial charge in [-0.2, -0.15) is 11.8 Å². The maximum atomic E-state index is 10.6. The van der Waals surface area contributed by atoms with Crippen molar-refractivity contribution in [1.82, 2.24) is 5.32 Å². The summed E-state index contributed by atoms with van der Waals surface area (Å²) in [7, 11) is 0. The first-order chi connectivity index (χ1) is 4.33. The largest absolute Gasteiger partial charge is 0.355 e. The molecule has 1 atom stereocenters. The molecule has 1 unspecified atom stereocenters. The number of thioether (sulfide) groups is 1. The Kier molecular flexibility index (Phi) is 2.39. The first-order valence-electron chi connectivity index (χ1n) is 3.12. The van der Waals surface area contributed by atoms with Crippen LogP contribution >= 0.6 is 11.8 Å². The molecule has 0 spiro atoms. The summed E-state index contributed by atoms with van der Waals surface area (Å²) in [6, 6.07) is 0. The third kappa shape index (κ3) is 1.90. The molecule has 1 fully saturated rings. The molecule has 1 saturated heterocycles. The van der Waals surface area contributed by atoms with Crippen LogP contribution in [0.3, 0.4) is 0 Å². The minimum atomic E-state index is 0.209. The molecule has 1 rings (SSSR count). The summed E-state index contributed by atoms with van der Waals surface area (Å²) in [6.07, 6.45) is 3.85. The van der Waals surface area contributed by atoms with Crippen molar-refractivity contribution < 1.29 is 4.79 Å². The van der Waals surface area contributed by atoms with Gasteiger partial charge >= 0.3 is 0 Å². The smallest absolute Gasteiger partial charge is 0.220 e. The Morgan fingerprint density at radius 1 is 1.78 bits per heavy atom. The second kappa shape index (κ2) is 3.11. The monoisotopic (exact) mass is 145 g/mol. The molecule has 1 aliphatic heterocycles. The molecule has 1 aliphatic rings. The number of rotatable bonds is 1. The van der Waals surface area contributed by atoms with Gasteiger partial charge in [0.15, 0.2) is 0 Å². The zero-order valence-corrected chi connectivity index (χ0v) is 6.33. The highest BCUT2D eigenvalue weighted by molar-refractivity contribution is 7.99. The quantitative estimate of drug-likeness (QED) is 0.586. The van der Waals surface area contributed by atoms with Gasteiger partial charge in [0.2, 0.25) is 5.91 Å². The van der Waals surface area contributed by atoms with Gasteiger partial charge in [0.25, 0.3) is 0 Å². The Balaban J connectivity index is 2.26. The first-order valence-corrected chi connectivity index (χ1v) is 4.41. The van der Waals surface area contributed by atoms with Gasteiger partial charge in [0.05, 0.1) is 0 Å². The Morgan fingerprint density at radius 3 is 3.00 bits per heavy atom. The summed E-state index contributed by atoms with van der Waals surface area (Å²) in [5, 5.41) is 3.48. The summed E-state index contributed by atoms with van der Waals surface area (Å²) in [6.45, 7) is 0.861. The highest BCUT2D eigenvalue weighted by atomic mass is 32.2. The molecule has 1 amide bonds. The lowest BCUT2D eigenvalue weighted by Gasteiger charge is -2.19. The molecule has 0 saturated carbocycles. The first kappa shape index (κ1) is 6.93. The van der Waals surface area contributed by atoms with Gasteiger partial charge in [-0.1, -0.05) is 0 Å². The zero-order chi connectivity index (χ0) is 6.69. The van der Waals surface area contributed by atoms with E-state index < -0.39 is 0 Å². The van der Waals surface area contributed by atoms with E-state index in [0.29, 0.717) is 11.7 Å². The van der Waals surface area contributed by atoms with Crippen LogP contribution in [0.15, 0.2) is 0 Å². The van der Waals surface area contributed by atoms with Gasteiger partial charge < -0.3 is 5.32 Å². The lowest BCUT2D eigenvalue weighted by Crippen LogP contribution is -2.36. The van der Waals surface area contributed by atoms with Crippen LogP contribution in [-0.2, 0) is 4.79 Å². The van der Waals surface area contributed by atoms with Crippen molar-refractivity contribution in [2.24, 2.45) is 0 Å². The third-order valence-electron chi connectivity index (χ3n) is 1.55. The fraction of sp³-hybridized carbons (Fsp3) is 0.833. The molecule has 0 aromatic rings. The van der Waals surface area contributed by atoms with Crippen LogP contribution in [0.1, 0.15) is 12.8 Å². The van der Waals surface area contributed by atoms with E-state index in [1.807, 2.05) is 11.8 Å². The Labute approximate surface area is 59.4 Å². The predicted octanol–water partition coefficient (Wildman–Crippen LogP) is 0.628. The predicted molar refractivity (Wildman–Crippen MR) is 39.5 cm³/mol. The van der Waals surface area contributed by atoms with Crippen molar-refractivity contribution in [2.75, 3.05) is 12.8 Å².